The van der Waals surface area contributed by atoms with Gasteiger partial charge >= 0.3 is 29.6 Å². The molecule has 0 heterocycles. The number of benzene rings is 2. The Kier molecular flexibility index (Phi) is 5.37. The van der Waals surface area contributed by atoms with Gasteiger partial charge in [-0.3, -0.25) is 0 Å². The largest absolute Gasteiger partial charge is 1.00 e. The standard InChI is InChI=1S/C13H14O3S.Na/c1-2-4-10-5-3-6-11-9-12(17(14,15)16)7-8-13(10)11;/h3,5-9H,2,4H2,1H3,(H,14,15,16);/q;+1/p-1. The quantitative estimate of drug-likeness (QED) is 0.569. The third kappa shape index (κ3) is 3.33. The summed E-state index contributed by atoms with van der Waals surface area (Å²) >= 11 is 0. The second-order valence-electron chi connectivity index (χ2n) is 4.00. The monoisotopic (exact) mass is 272 g/mol. The summed E-state index contributed by atoms with van der Waals surface area (Å²) in [6, 6.07) is 10.3. The molecule has 0 N–H and O–H groups in total. The topological polar surface area (TPSA) is 57.2 Å². The Balaban J connectivity index is 0.00000162. The Labute approximate surface area is 129 Å². The van der Waals surface area contributed by atoms with Crippen LogP contribution in [0.4, 0.5) is 0 Å². The summed E-state index contributed by atoms with van der Waals surface area (Å²) in [7, 11) is -4.37. The van der Waals surface area contributed by atoms with Gasteiger partial charge in [0, 0.05) is 0 Å². The summed E-state index contributed by atoms with van der Waals surface area (Å²) in [5, 5.41) is 1.81. The van der Waals surface area contributed by atoms with E-state index in [1.54, 1.807) is 6.07 Å². The van der Waals surface area contributed by atoms with E-state index in [-0.39, 0.29) is 34.5 Å². The average Bonchev–Trinajstić information content (AvgIpc) is 2.28. The molecule has 18 heavy (non-hydrogen) atoms. The summed E-state index contributed by atoms with van der Waals surface area (Å²) in [5.74, 6) is 0. The molecule has 0 aliphatic carbocycles. The van der Waals surface area contributed by atoms with Gasteiger partial charge < -0.3 is 4.55 Å². The zero-order chi connectivity index (χ0) is 12.5. The molecule has 2 aromatic carbocycles. The number of fused-ring (bicyclic) bond motifs is 1. The van der Waals surface area contributed by atoms with Crippen LogP contribution in [0, 0.1) is 0 Å². The molecule has 0 aromatic heterocycles. The molecule has 0 atom stereocenters. The van der Waals surface area contributed by atoms with Crippen LogP contribution in [0.1, 0.15) is 18.9 Å². The molecular weight excluding hydrogens is 259 g/mol. The molecule has 3 nitrogen and oxygen atoms in total. The molecule has 0 unspecified atom stereocenters. The second-order valence-corrected chi connectivity index (χ2v) is 5.38. The van der Waals surface area contributed by atoms with Crippen molar-refractivity contribution >= 4 is 20.9 Å². The molecule has 0 amide bonds. The van der Waals surface area contributed by atoms with E-state index in [4.69, 9.17) is 0 Å². The predicted octanol–water partition coefficient (Wildman–Crippen LogP) is -0.300. The molecule has 90 valence electrons. The van der Waals surface area contributed by atoms with Crippen molar-refractivity contribution < 1.29 is 42.5 Å². The van der Waals surface area contributed by atoms with E-state index in [0.29, 0.717) is 0 Å². The van der Waals surface area contributed by atoms with E-state index >= 15 is 0 Å². The first kappa shape index (κ1) is 15.7. The van der Waals surface area contributed by atoms with E-state index in [2.05, 4.69) is 6.92 Å². The van der Waals surface area contributed by atoms with Crippen LogP contribution in [0.15, 0.2) is 41.3 Å². The molecule has 5 heteroatoms. The third-order valence-corrected chi connectivity index (χ3v) is 3.58. The molecule has 0 saturated heterocycles. The average molecular weight is 272 g/mol. The minimum Gasteiger partial charge on any atom is -0.744 e. The van der Waals surface area contributed by atoms with Crippen LogP contribution in [-0.2, 0) is 16.5 Å². The molecule has 0 bridgehead atoms. The molecule has 0 fully saturated rings. The Morgan fingerprint density at radius 2 is 1.89 bits per heavy atom. The van der Waals surface area contributed by atoms with E-state index in [0.717, 1.165) is 23.6 Å². The molecular formula is C13H13NaO3S. The summed E-state index contributed by atoms with van der Waals surface area (Å²) < 4.78 is 32.8. The van der Waals surface area contributed by atoms with Gasteiger partial charge in [-0.05, 0) is 34.9 Å². The van der Waals surface area contributed by atoms with Gasteiger partial charge in [-0.1, -0.05) is 37.6 Å². The van der Waals surface area contributed by atoms with E-state index in [1.165, 1.54) is 17.7 Å². The zero-order valence-electron chi connectivity index (χ0n) is 10.5. The fourth-order valence-electron chi connectivity index (χ4n) is 1.97. The summed E-state index contributed by atoms with van der Waals surface area (Å²) in [5.41, 5.74) is 1.18. The maximum atomic E-state index is 10.9. The Bertz CT molecular complexity index is 650. The van der Waals surface area contributed by atoms with Gasteiger partial charge in [0.05, 0.1) is 4.90 Å². The van der Waals surface area contributed by atoms with Crippen LogP contribution in [0.25, 0.3) is 10.8 Å². The Morgan fingerprint density at radius 3 is 2.50 bits per heavy atom. The van der Waals surface area contributed by atoms with Gasteiger partial charge in [0.25, 0.3) is 0 Å². The SMILES string of the molecule is CCCc1cccc2cc(S(=O)(=O)[O-])ccc12.[Na+]. The maximum Gasteiger partial charge on any atom is 1.00 e. The van der Waals surface area contributed by atoms with Crippen molar-refractivity contribution in [3.63, 3.8) is 0 Å². The summed E-state index contributed by atoms with van der Waals surface area (Å²) in [6.45, 7) is 2.09. The molecule has 0 radical (unpaired) electrons. The first-order valence-electron chi connectivity index (χ1n) is 5.50. The van der Waals surface area contributed by atoms with Gasteiger partial charge in [0.2, 0.25) is 0 Å². The summed E-state index contributed by atoms with van der Waals surface area (Å²) in [4.78, 5) is -0.168. The second kappa shape index (κ2) is 6.17. The normalized spacial score (nSPS) is 11.2. The molecule has 2 aromatic rings. The zero-order valence-corrected chi connectivity index (χ0v) is 13.3. The number of aryl methyl sites for hydroxylation is 1. The van der Waals surface area contributed by atoms with Gasteiger partial charge in [-0.2, -0.15) is 0 Å². The van der Waals surface area contributed by atoms with Crippen molar-refractivity contribution in [1.29, 1.82) is 0 Å². The van der Waals surface area contributed by atoms with E-state index in [1.807, 2.05) is 18.2 Å². The fraction of sp³-hybridized carbons (Fsp3) is 0.231. The Hall–Kier alpha value is -0.390. The minimum absolute atomic E-state index is 0. The number of hydrogen-bond acceptors (Lipinski definition) is 3. The molecule has 2 rings (SSSR count). The van der Waals surface area contributed by atoms with Gasteiger partial charge in [-0.15, -0.1) is 0 Å². The van der Waals surface area contributed by atoms with Crippen molar-refractivity contribution in [3.05, 3.63) is 42.0 Å². The summed E-state index contributed by atoms with van der Waals surface area (Å²) in [6.07, 6.45) is 1.97. The fourth-order valence-corrected chi connectivity index (χ4v) is 2.48. The third-order valence-electron chi connectivity index (χ3n) is 2.75. The molecule has 0 saturated carbocycles. The van der Waals surface area contributed by atoms with Gasteiger partial charge in [0.1, 0.15) is 10.1 Å². The first-order valence-corrected chi connectivity index (χ1v) is 6.91. The van der Waals surface area contributed by atoms with Crippen molar-refractivity contribution in [2.45, 2.75) is 24.7 Å². The van der Waals surface area contributed by atoms with Gasteiger partial charge in [-0.25, -0.2) is 8.42 Å². The van der Waals surface area contributed by atoms with Crippen LogP contribution in [0.2, 0.25) is 0 Å². The van der Waals surface area contributed by atoms with Crippen LogP contribution >= 0.6 is 0 Å². The minimum atomic E-state index is -4.37. The number of hydrogen-bond donors (Lipinski definition) is 0. The first-order chi connectivity index (χ1) is 8.02. The van der Waals surface area contributed by atoms with Crippen molar-refractivity contribution in [2.24, 2.45) is 0 Å². The number of rotatable bonds is 3. The van der Waals surface area contributed by atoms with Crippen molar-refractivity contribution in [2.75, 3.05) is 0 Å². The van der Waals surface area contributed by atoms with Crippen LogP contribution in [0.5, 0.6) is 0 Å². The van der Waals surface area contributed by atoms with Crippen molar-refractivity contribution in [3.8, 4) is 0 Å². The molecule has 0 spiro atoms. The van der Waals surface area contributed by atoms with E-state index in [9.17, 15) is 13.0 Å². The Morgan fingerprint density at radius 1 is 1.17 bits per heavy atom. The molecule has 0 aliphatic rings. The van der Waals surface area contributed by atoms with Crippen molar-refractivity contribution in [1.82, 2.24) is 0 Å². The van der Waals surface area contributed by atoms with Crippen LogP contribution in [-0.4, -0.2) is 13.0 Å². The van der Waals surface area contributed by atoms with E-state index < -0.39 is 10.1 Å². The van der Waals surface area contributed by atoms with Gasteiger partial charge in [0.15, 0.2) is 0 Å². The smallest absolute Gasteiger partial charge is 0.744 e. The molecule has 0 aliphatic heterocycles. The maximum absolute atomic E-state index is 10.9. The van der Waals surface area contributed by atoms with Crippen LogP contribution in [0.3, 0.4) is 0 Å². The predicted molar refractivity (Wildman–Crippen MR) is 65.9 cm³/mol. The van der Waals surface area contributed by atoms with Crippen LogP contribution < -0.4 is 29.6 Å².